The monoisotopic (exact) mass is 459 g/mol. The van der Waals surface area contributed by atoms with E-state index in [1.807, 2.05) is 25.2 Å². The van der Waals surface area contributed by atoms with Gasteiger partial charge in [0, 0.05) is 6.04 Å². The van der Waals surface area contributed by atoms with Gasteiger partial charge in [0.25, 0.3) is 0 Å². The van der Waals surface area contributed by atoms with Crippen LogP contribution in [0.2, 0.25) is 0 Å². The maximum Gasteiger partial charge on any atom is 0.119 e. The molecule has 0 aliphatic rings. The van der Waals surface area contributed by atoms with E-state index in [1.54, 1.807) is 0 Å². The number of hydrogen-bond donors (Lipinski definition) is 0. The molecule has 2 nitrogen and oxygen atoms in total. The molecule has 0 aliphatic heterocycles. The molecule has 0 radical (unpaired) electrons. The van der Waals surface area contributed by atoms with E-state index in [4.69, 9.17) is 4.74 Å². The normalized spacial score (nSPS) is 13.1. The first-order valence-electron chi connectivity index (χ1n) is 12.5. The number of likely N-dealkylation sites (N-methyl/N-ethyl adjacent to an activating group) is 1. The van der Waals surface area contributed by atoms with E-state index < -0.39 is 6.67 Å². The summed E-state index contributed by atoms with van der Waals surface area (Å²) in [5.74, 6) is 0.769. The molecule has 0 fully saturated rings. The van der Waals surface area contributed by atoms with Gasteiger partial charge in [-0.05, 0) is 66.3 Å². The minimum absolute atomic E-state index is 0.242. The molecule has 0 aliphatic carbocycles. The molecule has 3 aromatic carbocycles. The van der Waals surface area contributed by atoms with Crippen molar-refractivity contribution in [2.75, 3.05) is 20.3 Å². The van der Waals surface area contributed by atoms with Crippen molar-refractivity contribution >= 4 is 11.1 Å². The minimum Gasteiger partial charge on any atom is -0.492 e. The molecule has 34 heavy (non-hydrogen) atoms. The Labute approximate surface area is 205 Å². The van der Waals surface area contributed by atoms with Crippen LogP contribution in [0.4, 0.5) is 4.39 Å². The Morgan fingerprint density at radius 2 is 1.26 bits per heavy atom. The minimum atomic E-state index is -0.414. The van der Waals surface area contributed by atoms with Crippen molar-refractivity contribution in [2.24, 2.45) is 0 Å². The first-order chi connectivity index (χ1) is 16.6. The van der Waals surface area contributed by atoms with Crippen LogP contribution in [0.25, 0.3) is 11.1 Å². The zero-order valence-electron chi connectivity index (χ0n) is 21.0. The van der Waals surface area contributed by atoms with Gasteiger partial charge in [0.1, 0.15) is 19.0 Å². The lowest BCUT2D eigenvalue weighted by Gasteiger charge is -2.32. The number of hydrogen-bond acceptors (Lipinski definition) is 2. The van der Waals surface area contributed by atoms with Crippen LogP contribution in [0, 0.1) is 0 Å². The lowest BCUT2D eigenvalue weighted by atomic mass is 9.88. The molecule has 3 heteroatoms. The summed E-state index contributed by atoms with van der Waals surface area (Å²) in [5.41, 5.74) is 6.12. The second-order valence-electron chi connectivity index (χ2n) is 8.72. The average Bonchev–Trinajstić information content (AvgIpc) is 2.90. The van der Waals surface area contributed by atoms with E-state index in [0.29, 0.717) is 12.6 Å². The summed E-state index contributed by atoms with van der Waals surface area (Å²) in [4.78, 5) is 2.12. The first kappa shape index (κ1) is 25.7. The zero-order chi connectivity index (χ0) is 24.3. The van der Waals surface area contributed by atoms with E-state index in [0.717, 1.165) is 30.6 Å². The second-order valence-corrected chi connectivity index (χ2v) is 8.72. The van der Waals surface area contributed by atoms with Crippen LogP contribution < -0.4 is 4.74 Å². The third-order valence-corrected chi connectivity index (χ3v) is 6.70. The number of ether oxygens (including phenoxy) is 1. The number of alkyl halides is 1. The molecular formula is C31H38FNO. The molecule has 0 N–H and O–H groups in total. The smallest absolute Gasteiger partial charge is 0.119 e. The van der Waals surface area contributed by atoms with Crippen molar-refractivity contribution in [3.63, 3.8) is 0 Å². The van der Waals surface area contributed by atoms with Crippen molar-refractivity contribution in [1.82, 2.24) is 4.90 Å². The fraction of sp³-hybridized carbons (Fsp3) is 0.355. The summed E-state index contributed by atoms with van der Waals surface area (Å²) in [6.07, 6.45) is 2.94. The molecule has 0 bridgehead atoms. The fourth-order valence-electron chi connectivity index (χ4n) is 4.63. The van der Waals surface area contributed by atoms with E-state index in [1.165, 1.54) is 22.3 Å². The van der Waals surface area contributed by atoms with E-state index in [-0.39, 0.29) is 6.04 Å². The third-order valence-electron chi connectivity index (χ3n) is 6.70. The highest BCUT2D eigenvalue weighted by molar-refractivity contribution is 5.98. The molecule has 3 rings (SSSR count). The lowest BCUT2D eigenvalue weighted by Crippen LogP contribution is -2.44. The van der Waals surface area contributed by atoms with Gasteiger partial charge in [0.15, 0.2) is 0 Å². The van der Waals surface area contributed by atoms with Gasteiger partial charge in [-0.3, -0.25) is 4.90 Å². The Morgan fingerprint density at radius 1 is 0.735 bits per heavy atom. The highest BCUT2D eigenvalue weighted by atomic mass is 19.1. The summed E-state index contributed by atoms with van der Waals surface area (Å²) in [7, 11) is 2.00. The van der Waals surface area contributed by atoms with Crippen molar-refractivity contribution < 1.29 is 9.13 Å². The Kier molecular flexibility index (Phi) is 9.90. The predicted molar refractivity (Wildman–Crippen MR) is 143 cm³/mol. The topological polar surface area (TPSA) is 12.5 Å². The Morgan fingerprint density at radius 3 is 1.76 bits per heavy atom. The Balaban J connectivity index is 1.87. The van der Waals surface area contributed by atoms with E-state index >= 15 is 0 Å². The molecule has 0 aromatic heterocycles. The van der Waals surface area contributed by atoms with Crippen molar-refractivity contribution in [1.29, 1.82) is 0 Å². The largest absolute Gasteiger partial charge is 0.492 e. The number of nitrogens with zero attached hydrogens (tertiary/aromatic N) is 1. The van der Waals surface area contributed by atoms with Crippen LogP contribution >= 0.6 is 0 Å². The van der Waals surface area contributed by atoms with Crippen molar-refractivity contribution in [3.8, 4) is 5.75 Å². The summed E-state index contributed by atoms with van der Waals surface area (Å²) in [6.45, 7) is 6.43. The molecule has 0 spiro atoms. The number of halogens is 1. The van der Waals surface area contributed by atoms with Crippen LogP contribution in [0.5, 0.6) is 5.75 Å². The van der Waals surface area contributed by atoms with Gasteiger partial charge in [-0.25, -0.2) is 4.39 Å². The molecular weight excluding hydrogens is 421 g/mol. The number of benzene rings is 3. The fourth-order valence-corrected chi connectivity index (χ4v) is 4.63. The molecule has 3 aromatic rings. The van der Waals surface area contributed by atoms with E-state index in [9.17, 15) is 4.39 Å². The Hall–Kier alpha value is -2.91. The van der Waals surface area contributed by atoms with Gasteiger partial charge in [-0.2, -0.15) is 0 Å². The van der Waals surface area contributed by atoms with Gasteiger partial charge in [-0.15, -0.1) is 0 Å². The summed E-state index contributed by atoms with van der Waals surface area (Å²) >= 11 is 0. The molecule has 0 amide bonds. The molecule has 1 atom stereocenters. The standard InChI is InChI=1S/C31H38FNO/c1-5-27(6-2)33(4)28(22-32)23-34-29-20-18-26(19-21-29)31(25-16-12-9-13-17-25)30(7-3)24-14-10-8-11-15-24/h8-21,27-28H,5-7,22-23H2,1-4H3/b31-30-. The molecule has 0 saturated carbocycles. The zero-order valence-corrected chi connectivity index (χ0v) is 21.0. The molecule has 0 saturated heterocycles. The number of allylic oxidation sites excluding steroid dienone is 1. The van der Waals surface area contributed by atoms with Crippen molar-refractivity contribution in [2.45, 2.75) is 52.1 Å². The van der Waals surface area contributed by atoms with Crippen LogP contribution in [-0.2, 0) is 0 Å². The number of rotatable bonds is 12. The highest BCUT2D eigenvalue weighted by Crippen LogP contribution is 2.35. The summed E-state index contributed by atoms with van der Waals surface area (Å²) in [5, 5.41) is 0. The average molecular weight is 460 g/mol. The predicted octanol–water partition coefficient (Wildman–Crippen LogP) is 7.89. The summed E-state index contributed by atoms with van der Waals surface area (Å²) in [6, 6.07) is 29.5. The second kappa shape index (κ2) is 13.1. The highest BCUT2D eigenvalue weighted by Gasteiger charge is 2.21. The molecule has 180 valence electrons. The van der Waals surface area contributed by atoms with Crippen LogP contribution in [0.3, 0.4) is 0 Å². The summed E-state index contributed by atoms with van der Waals surface area (Å²) < 4.78 is 19.8. The Bertz CT molecular complexity index is 1010. The van der Waals surface area contributed by atoms with Gasteiger partial charge in [0.05, 0.1) is 6.04 Å². The molecule has 1 unspecified atom stereocenters. The van der Waals surface area contributed by atoms with Crippen LogP contribution in [0.1, 0.15) is 56.7 Å². The maximum absolute atomic E-state index is 13.8. The van der Waals surface area contributed by atoms with Crippen LogP contribution in [-0.4, -0.2) is 37.3 Å². The van der Waals surface area contributed by atoms with Gasteiger partial charge in [-0.1, -0.05) is 93.6 Å². The first-order valence-corrected chi connectivity index (χ1v) is 12.5. The SMILES string of the molecule is CC/C(=C(\c1ccccc1)c1ccc(OCC(CF)N(C)C(CC)CC)cc1)c1ccccc1. The van der Waals surface area contributed by atoms with Gasteiger partial charge >= 0.3 is 0 Å². The third kappa shape index (κ3) is 6.36. The van der Waals surface area contributed by atoms with Gasteiger partial charge in [0.2, 0.25) is 0 Å². The van der Waals surface area contributed by atoms with Crippen molar-refractivity contribution in [3.05, 3.63) is 102 Å². The lowest BCUT2D eigenvalue weighted by molar-refractivity contribution is 0.0947. The molecule has 0 heterocycles. The van der Waals surface area contributed by atoms with Gasteiger partial charge < -0.3 is 4.74 Å². The maximum atomic E-state index is 13.8. The van der Waals surface area contributed by atoms with Crippen LogP contribution in [0.15, 0.2) is 84.9 Å². The quantitative estimate of drug-likeness (QED) is 0.255. The van der Waals surface area contributed by atoms with E-state index in [2.05, 4.69) is 92.4 Å².